The number of hydrogen-bond donors (Lipinski definition) is 3. The zero-order chi connectivity index (χ0) is 19.7. The van der Waals surface area contributed by atoms with Crippen LogP contribution in [0.1, 0.15) is 32.1 Å². The lowest BCUT2D eigenvalue weighted by Gasteiger charge is -2.37. The van der Waals surface area contributed by atoms with Crippen LogP contribution in [0.2, 0.25) is 0 Å². The first-order valence-electron chi connectivity index (χ1n) is 9.82. The van der Waals surface area contributed by atoms with E-state index in [1.165, 1.54) is 0 Å². The average molecular weight is 407 g/mol. The molecule has 0 bridgehead atoms. The summed E-state index contributed by atoms with van der Waals surface area (Å²) in [6.07, 6.45) is 3.61. The third-order valence-electron chi connectivity index (χ3n) is 5.65. The number of rotatable bonds is 7. The first-order valence-corrected chi connectivity index (χ1v) is 11.3. The smallest absolute Gasteiger partial charge is 0.240 e. The van der Waals surface area contributed by atoms with Gasteiger partial charge in [0.2, 0.25) is 21.8 Å². The standard InChI is InChI=1S/C19H26N4O4S/c24-18(21-13-6-7-13)9-8-15-11-20-19(25)17-10-14(12-23(15)17)22-28(26,27)16-4-2-1-3-5-16/h1-5,13-15,17,22H,6-12H2,(H,20,25)(H,21,24). The molecule has 3 fully saturated rings. The molecule has 2 saturated heterocycles. The first-order chi connectivity index (χ1) is 13.4. The van der Waals surface area contributed by atoms with E-state index in [1.54, 1.807) is 30.3 Å². The van der Waals surface area contributed by atoms with Crippen LogP contribution < -0.4 is 15.4 Å². The van der Waals surface area contributed by atoms with E-state index in [-0.39, 0.29) is 34.8 Å². The van der Waals surface area contributed by atoms with Gasteiger partial charge in [-0.2, -0.15) is 0 Å². The van der Waals surface area contributed by atoms with Gasteiger partial charge < -0.3 is 10.6 Å². The first kappa shape index (κ1) is 19.4. The zero-order valence-corrected chi connectivity index (χ0v) is 16.5. The van der Waals surface area contributed by atoms with Crippen LogP contribution >= 0.6 is 0 Å². The van der Waals surface area contributed by atoms with Crippen molar-refractivity contribution in [3.8, 4) is 0 Å². The van der Waals surface area contributed by atoms with E-state index in [1.807, 2.05) is 0 Å². The summed E-state index contributed by atoms with van der Waals surface area (Å²) in [4.78, 5) is 26.6. The predicted molar refractivity (Wildman–Crippen MR) is 103 cm³/mol. The van der Waals surface area contributed by atoms with Crippen molar-refractivity contribution in [2.45, 2.75) is 61.2 Å². The quantitative estimate of drug-likeness (QED) is 0.589. The summed E-state index contributed by atoms with van der Waals surface area (Å²) in [5, 5.41) is 5.89. The van der Waals surface area contributed by atoms with Gasteiger partial charge in [-0.3, -0.25) is 14.5 Å². The second-order valence-electron chi connectivity index (χ2n) is 7.86. The van der Waals surface area contributed by atoms with Gasteiger partial charge >= 0.3 is 0 Å². The summed E-state index contributed by atoms with van der Waals surface area (Å²) >= 11 is 0. The topological polar surface area (TPSA) is 108 Å². The monoisotopic (exact) mass is 406 g/mol. The van der Waals surface area contributed by atoms with E-state index in [9.17, 15) is 18.0 Å². The van der Waals surface area contributed by atoms with Crippen molar-refractivity contribution in [1.82, 2.24) is 20.3 Å². The highest BCUT2D eigenvalue weighted by molar-refractivity contribution is 7.89. The maximum Gasteiger partial charge on any atom is 0.240 e. The van der Waals surface area contributed by atoms with Crippen molar-refractivity contribution in [1.29, 1.82) is 0 Å². The van der Waals surface area contributed by atoms with Crippen molar-refractivity contribution < 1.29 is 18.0 Å². The van der Waals surface area contributed by atoms with E-state index in [2.05, 4.69) is 20.3 Å². The predicted octanol–water partition coefficient (Wildman–Crippen LogP) is -0.0350. The number of piperazine rings is 1. The van der Waals surface area contributed by atoms with Gasteiger partial charge in [0.25, 0.3) is 0 Å². The third kappa shape index (κ3) is 4.37. The minimum Gasteiger partial charge on any atom is -0.353 e. The van der Waals surface area contributed by atoms with E-state index < -0.39 is 10.0 Å². The molecule has 9 heteroatoms. The number of sulfonamides is 1. The molecule has 1 aliphatic carbocycles. The SMILES string of the molecule is O=C(CCC1CNC(=O)C2CC(NS(=O)(=O)c3ccccc3)CN12)NC1CC1. The Hall–Kier alpha value is -1.97. The van der Waals surface area contributed by atoms with Gasteiger partial charge in [-0.15, -0.1) is 0 Å². The molecular formula is C19H26N4O4S. The van der Waals surface area contributed by atoms with Gasteiger partial charge in [0.1, 0.15) is 0 Å². The molecule has 3 atom stereocenters. The van der Waals surface area contributed by atoms with Crippen LogP contribution in [-0.2, 0) is 19.6 Å². The Morgan fingerprint density at radius 1 is 1.18 bits per heavy atom. The highest BCUT2D eigenvalue weighted by atomic mass is 32.2. The molecule has 1 aromatic rings. The minimum atomic E-state index is -3.63. The molecular weight excluding hydrogens is 380 g/mol. The summed E-state index contributed by atoms with van der Waals surface area (Å²) in [6.45, 7) is 0.962. The Kier molecular flexibility index (Phi) is 5.39. The van der Waals surface area contributed by atoms with E-state index >= 15 is 0 Å². The fraction of sp³-hybridized carbons (Fsp3) is 0.579. The van der Waals surface area contributed by atoms with Gasteiger partial charge in [0, 0.05) is 37.6 Å². The van der Waals surface area contributed by atoms with Gasteiger partial charge in [-0.25, -0.2) is 13.1 Å². The molecule has 0 spiro atoms. The van der Waals surface area contributed by atoms with Gasteiger partial charge in [-0.05, 0) is 37.8 Å². The highest BCUT2D eigenvalue weighted by Gasteiger charge is 2.44. The van der Waals surface area contributed by atoms with Gasteiger partial charge in [0.15, 0.2) is 0 Å². The molecule has 2 heterocycles. The summed E-state index contributed by atoms with van der Waals surface area (Å²) in [7, 11) is -3.63. The summed E-state index contributed by atoms with van der Waals surface area (Å²) in [6, 6.07) is 7.94. The fourth-order valence-electron chi connectivity index (χ4n) is 4.04. The summed E-state index contributed by atoms with van der Waals surface area (Å²) < 4.78 is 27.9. The van der Waals surface area contributed by atoms with Crippen LogP contribution in [-0.4, -0.2) is 62.4 Å². The molecule has 3 unspecified atom stereocenters. The average Bonchev–Trinajstić information content (AvgIpc) is 3.38. The zero-order valence-electron chi connectivity index (χ0n) is 15.6. The molecule has 28 heavy (non-hydrogen) atoms. The largest absolute Gasteiger partial charge is 0.353 e. The molecule has 0 radical (unpaired) electrons. The lowest BCUT2D eigenvalue weighted by molar-refractivity contribution is -0.129. The molecule has 1 aromatic carbocycles. The molecule has 8 nitrogen and oxygen atoms in total. The molecule has 0 aromatic heterocycles. The van der Waals surface area contributed by atoms with Crippen LogP contribution in [0.5, 0.6) is 0 Å². The van der Waals surface area contributed by atoms with Crippen LogP contribution in [0.4, 0.5) is 0 Å². The number of carbonyl (C=O) groups excluding carboxylic acids is 2. The van der Waals surface area contributed by atoms with Crippen molar-refractivity contribution >= 4 is 21.8 Å². The Morgan fingerprint density at radius 3 is 2.64 bits per heavy atom. The number of carbonyl (C=O) groups is 2. The maximum atomic E-state index is 12.6. The molecule has 2 aliphatic heterocycles. The fourth-order valence-corrected chi connectivity index (χ4v) is 5.30. The van der Waals surface area contributed by atoms with Gasteiger partial charge in [0.05, 0.1) is 10.9 Å². The number of hydrogen-bond acceptors (Lipinski definition) is 5. The second-order valence-corrected chi connectivity index (χ2v) is 9.57. The molecule has 2 amide bonds. The molecule has 4 rings (SSSR count). The van der Waals surface area contributed by atoms with E-state index in [0.29, 0.717) is 38.4 Å². The van der Waals surface area contributed by atoms with Crippen molar-refractivity contribution in [2.24, 2.45) is 0 Å². The lowest BCUT2D eigenvalue weighted by atomic mass is 10.0. The second kappa shape index (κ2) is 7.81. The maximum absolute atomic E-state index is 12.6. The normalized spacial score (nSPS) is 27.9. The summed E-state index contributed by atoms with van der Waals surface area (Å²) in [5.74, 6) is -0.0171. The Bertz CT molecular complexity index is 841. The van der Waals surface area contributed by atoms with Crippen molar-refractivity contribution in [3.63, 3.8) is 0 Å². The highest BCUT2D eigenvalue weighted by Crippen LogP contribution is 2.27. The Balaban J connectivity index is 1.38. The Labute approximate surface area is 165 Å². The van der Waals surface area contributed by atoms with Crippen LogP contribution in [0.3, 0.4) is 0 Å². The van der Waals surface area contributed by atoms with Crippen LogP contribution in [0.25, 0.3) is 0 Å². The van der Waals surface area contributed by atoms with Crippen LogP contribution in [0, 0.1) is 0 Å². The molecule has 3 N–H and O–H groups in total. The number of fused-ring (bicyclic) bond motifs is 1. The number of amides is 2. The minimum absolute atomic E-state index is 0.0406. The molecule has 152 valence electrons. The molecule has 1 saturated carbocycles. The van der Waals surface area contributed by atoms with E-state index in [4.69, 9.17) is 0 Å². The lowest BCUT2D eigenvalue weighted by Crippen LogP contribution is -2.58. The summed E-state index contributed by atoms with van der Waals surface area (Å²) in [5.41, 5.74) is 0. The van der Waals surface area contributed by atoms with Crippen molar-refractivity contribution in [3.05, 3.63) is 30.3 Å². The van der Waals surface area contributed by atoms with Crippen molar-refractivity contribution in [2.75, 3.05) is 13.1 Å². The van der Waals surface area contributed by atoms with Gasteiger partial charge in [-0.1, -0.05) is 18.2 Å². The molecule has 3 aliphatic rings. The van der Waals surface area contributed by atoms with E-state index in [0.717, 1.165) is 12.8 Å². The number of nitrogens with one attached hydrogen (secondary N) is 3. The van der Waals surface area contributed by atoms with Crippen LogP contribution in [0.15, 0.2) is 35.2 Å². The number of nitrogens with zero attached hydrogens (tertiary/aromatic N) is 1. The third-order valence-corrected chi connectivity index (χ3v) is 7.18. The number of benzene rings is 1. The Morgan fingerprint density at radius 2 is 1.93 bits per heavy atom.